The fourth-order valence-electron chi connectivity index (χ4n) is 4.08. The minimum absolute atomic E-state index is 0.0194. The van der Waals surface area contributed by atoms with Gasteiger partial charge in [0.1, 0.15) is 0 Å². The first-order valence-corrected chi connectivity index (χ1v) is 10.5. The zero-order chi connectivity index (χ0) is 21.1. The molecule has 0 aliphatic carbocycles. The zero-order valence-electron chi connectivity index (χ0n) is 17.8. The van der Waals surface area contributed by atoms with E-state index >= 15 is 0 Å². The third kappa shape index (κ3) is 4.44. The van der Waals surface area contributed by atoms with Crippen LogP contribution in [-0.4, -0.2) is 47.2 Å². The van der Waals surface area contributed by atoms with Crippen molar-refractivity contribution in [3.8, 4) is 22.6 Å². The highest BCUT2D eigenvalue weighted by Gasteiger charge is 2.20. The summed E-state index contributed by atoms with van der Waals surface area (Å²) in [5.41, 5.74) is 4.84. The van der Waals surface area contributed by atoms with Crippen LogP contribution in [0.1, 0.15) is 41.1 Å². The molecule has 2 aromatic carbocycles. The Morgan fingerprint density at radius 2 is 1.90 bits per heavy atom. The molecule has 1 fully saturated rings. The number of hydrogen-bond acceptors (Lipinski definition) is 5. The molecule has 1 saturated heterocycles. The summed E-state index contributed by atoms with van der Waals surface area (Å²) in [6, 6.07) is 14.4. The third-order valence-electron chi connectivity index (χ3n) is 5.90. The topological polar surface area (TPSA) is 71.3 Å². The summed E-state index contributed by atoms with van der Waals surface area (Å²) in [6.45, 7) is 5.72. The maximum atomic E-state index is 12.5. The average molecular weight is 405 g/mol. The number of aromatic nitrogens is 2. The smallest absolute Gasteiger partial charge is 0.251 e. The largest absolute Gasteiger partial charge is 0.421 e. The first-order chi connectivity index (χ1) is 14.5. The van der Waals surface area contributed by atoms with E-state index in [1.807, 2.05) is 36.4 Å². The highest BCUT2D eigenvalue weighted by Crippen LogP contribution is 2.29. The predicted molar refractivity (Wildman–Crippen MR) is 117 cm³/mol. The van der Waals surface area contributed by atoms with E-state index in [9.17, 15) is 4.79 Å². The molecule has 1 atom stereocenters. The maximum absolute atomic E-state index is 12.5. The molecule has 156 valence electrons. The predicted octanol–water partition coefficient (Wildman–Crippen LogP) is 4.23. The van der Waals surface area contributed by atoms with E-state index in [0.29, 0.717) is 29.9 Å². The molecule has 4 rings (SSSR count). The Kier molecular flexibility index (Phi) is 5.95. The molecule has 0 spiro atoms. The van der Waals surface area contributed by atoms with E-state index in [-0.39, 0.29) is 5.91 Å². The Hall–Kier alpha value is -2.99. The number of rotatable bonds is 6. The quantitative estimate of drug-likeness (QED) is 0.666. The standard InChI is InChI=1S/C24H28N4O2/c1-16-6-7-20(24-27-26-17(2)30-24)15-22(16)18-8-10-19(11-9-18)23(29)25-13-12-21-5-4-14-28(21)3/h6-11,15,21H,4-5,12-14H2,1-3H3,(H,25,29). The van der Waals surface area contributed by atoms with E-state index in [2.05, 4.69) is 40.5 Å². The molecule has 3 aromatic rings. The van der Waals surface area contributed by atoms with Crippen molar-refractivity contribution in [2.75, 3.05) is 20.1 Å². The van der Waals surface area contributed by atoms with Crippen molar-refractivity contribution in [1.82, 2.24) is 20.4 Å². The lowest BCUT2D eigenvalue weighted by Gasteiger charge is -2.19. The van der Waals surface area contributed by atoms with Crippen molar-refractivity contribution in [3.05, 3.63) is 59.5 Å². The van der Waals surface area contributed by atoms with Gasteiger partial charge in [-0.15, -0.1) is 10.2 Å². The number of amides is 1. The van der Waals surface area contributed by atoms with Gasteiger partial charge in [-0.25, -0.2) is 0 Å². The van der Waals surface area contributed by atoms with Crippen LogP contribution in [0.2, 0.25) is 0 Å². The van der Waals surface area contributed by atoms with Crippen LogP contribution in [0.4, 0.5) is 0 Å². The summed E-state index contributed by atoms with van der Waals surface area (Å²) in [4.78, 5) is 14.9. The van der Waals surface area contributed by atoms with Crippen molar-refractivity contribution >= 4 is 5.91 Å². The van der Waals surface area contributed by atoms with Gasteiger partial charge in [0.25, 0.3) is 5.91 Å². The lowest BCUT2D eigenvalue weighted by atomic mass is 9.97. The average Bonchev–Trinajstić information content (AvgIpc) is 3.37. The van der Waals surface area contributed by atoms with Crippen molar-refractivity contribution < 1.29 is 9.21 Å². The van der Waals surface area contributed by atoms with Gasteiger partial charge in [-0.2, -0.15) is 0 Å². The van der Waals surface area contributed by atoms with Crippen LogP contribution in [0.15, 0.2) is 46.9 Å². The lowest BCUT2D eigenvalue weighted by Crippen LogP contribution is -2.31. The molecule has 0 saturated carbocycles. The molecule has 2 heterocycles. The summed E-state index contributed by atoms with van der Waals surface area (Å²) in [7, 11) is 2.16. The second-order valence-corrected chi connectivity index (χ2v) is 8.05. The number of nitrogens with one attached hydrogen (secondary N) is 1. The van der Waals surface area contributed by atoms with E-state index < -0.39 is 0 Å². The van der Waals surface area contributed by atoms with Crippen LogP contribution in [0.5, 0.6) is 0 Å². The van der Waals surface area contributed by atoms with Crippen LogP contribution in [-0.2, 0) is 0 Å². The monoisotopic (exact) mass is 404 g/mol. The molecule has 0 bridgehead atoms. The van der Waals surface area contributed by atoms with E-state index in [4.69, 9.17) is 4.42 Å². The molecular weight excluding hydrogens is 376 g/mol. The van der Waals surface area contributed by atoms with Crippen molar-refractivity contribution in [1.29, 1.82) is 0 Å². The Morgan fingerprint density at radius 1 is 1.13 bits per heavy atom. The molecule has 0 radical (unpaired) electrons. The van der Waals surface area contributed by atoms with Gasteiger partial charge in [-0.1, -0.05) is 18.2 Å². The number of hydrogen-bond donors (Lipinski definition) is 1. The minimum Gasteiger partial charge on any atom is -0.421 e. The number of carbonyl (C=O) groups is 1. The van der Waals surface area contributed by atoms with Crippen molar-refractivity contribution in [2.45, 2.75) is 39.2 Å². The third-order valence-corrected chi connectivity index (χ3v) is 5.90. The Morgan fingerprint density at radius 3 is 2.57 bits per heavy atom. The molecule has 1 amide bonds. The Labute approximate surface area is 177 Å². The van der Waals surface area contributed by atoms with Gasteiger partial charge in [0.15, 0.2) is 0 Å². The second kappa shape index (κ2) is 8.79. The van der Waals surface area contributed by atoms with Gasteiger partial charge in [0.05, 0.1) is 0 Å². The molecule has 1 aromatic heterocycles. The van der Waals surface area contributed by atoms with Gasteiger partial charge < -0.3 is 14.6 Å². The molecule has 1 unspecified atom stereocenters. The SMILES string of the molecule is Cc1nnc(-c2ccc(C)c(-c3ccc(C(=O)NCCC4CCCN4C)cc3)c2)o1. The van der Waals surface area contributed by atoms with Crippen LogP contribution in [0, 0.1) is 13.8 Å². The van der Waals surface area contributed by atoms with Gasteiger partial charge in [0, 0.05) is 30.6 Å². The number of aryl methyl sites for hydroxylation is 2. The Balaban J connectivity index is 1.43. The summed E-state index contributed by atoms with van der Waals surface area (Å²) in [5.74, 6) is 1.04. The molecular formula is C24H28N4O2. The van der Waals surface area contributed by atoms with Crippen molar-refractivity contribution in [2.24, 2.45) is 0 Å². The first kappa shape index (κ1) is 20.3. The minimum atomic E-state index is -0.0194. The number of benzene rings is 2. The highest BCUT2D eigenvalue weighted by molar-refractivity contribution is 5.94. The van der Waals surface area contributed by atoms with Gasteiger partial charge in [0.2, 0.25) is 11.8 Å². The fraction of sp³-hybridized carbons (Fsp3) is 0.375. The number of carbonyl (C=O) groups excluding carboxylic acids is 1. The fourth-order valence-corrected chi connectivity index (χ4v) is 4.08. The van der Waals surface area contributed by atoms with Crippen LogP contribution in [0.3, 0.4) is 0 Å². The molecule has 1 aliphatic rings. The Bertz CT molecular complexity index is 1030. The van der Waals surface area contributed by atoms with Gasteiger partial charge >= 0.3 is 0 Å². The summed E-state index contributed by atoms with van der Waals surface area (Å²) >= 11 is 0. The summed E-state index contributed by atoms with van der Waals surface area (Å²) in [6.07, 6.45) is 3.48. The zero-order valence-corrected chi connectivity index (χ0v) is 17.8. The number of nitrogens with zero attached hydrogens (tertiary/aromatic N) is 3. The molecule has 1 N–H and O–H groups in total. The van der Waals surface area contributed by atoms with Gasteiger partial charge in [-0.05, 0) is 80.7 Å². The first-order valence-electron chi connectivity index (χ1n) is 10.5. The van der Waals surface area contributed by atoms with Crippen molar-refractivity contribution in [3.63, 3.8) is 0 Å². The highest BCUT2D eigenvalue weighted by atomic mass is 16.4. The lowest BCUT2D eigenvalue weighted by molar-refractivity contribution is 0.0950. The summed E-state index contributed by atoms with van der Waals surface area (Å²) < 4.78 is 5.55. The molecule has 6 nitrogen and oxygen atoms in total. The molecule has 1 aliphatic heterocycles. The van der Waals surface area contributed by atoms with Gasteiger partial charge in [-0.3, -0.25) is 4.79 Å². The molecule has 6 heteroatoms. The van der Waals surface area contributed by atoms with Crippen LogP contribution < -0.4 is 5.32 Å². The molecule has 30 heavy (non-hydrogen) atoms. The van der Waals surface area contributed by atoms with Crippen LogP contribution in [0.25, 0.3) is 22.6 Å². The number of likely N-dealkylation sites (tertiary alicyclic amines) is 1. The van der Waals surface area contributed by atoms with Crippen LogP contribution >= 0.6 is 0 Å². The van der Waals surface area contributed by atoms with E-state index in [1.165, 1.54) is 12.8 Å². The van der Waals surface area contributed by atoms with E-state index in [0.717, 1.165) is 35.2 Å². The second-order valence-electron chi connectivity index (χ2n) is 8.05. The summed E-state index contributed by atoms with van der Waals surface area (Å²) in [5, 5.41) is 11.1. The van der Waals surface area contributed by atoms with E-state index in [1.54, 1.807) is 6.92 Å². The maximum Gasteiger partial charge on any atom is 0.251 e. The normalized spacial score (nSPS) is 16.7.